The Morgan fingerprint density at radius 1 is 1.41 bits per heavy atom. The van der Waals surface area contributed by atoms with E-state index in [1.165, 1.54) is 17.4 Å². The van der Waals surface area contributed by atoms with E-state index < -0.39 is 0 Å². The molecule has 0 aliphatic heterocycles. The van der Waals surface area contributed by atoms with Gasteiger partial charge in [-0.2, -0.15) is 0 Å². The number of hydrogen-bond acceptors (Lipinski definition) is 2. The number of benzene rings is 1. The van der Waals surface area contributed by atoms with Gasteiger partial charge in [0.05, 0.1) is 12.9 Å². The summed E-state index contributed by atoms with van der Waals surface area (Å²) < 4.78 is 5.08. The molecule has 0 fully saturated rings. The predicted octanol–water partition coefficient (Wildman–Crippen LogP) is 2.95. The molecular weight excluding hydrogens is 234 g/mol. The van der Waals surface area contributed by atoms with E-state index in [0.717, 1.165) is 37.4 Å². The summed E-state index contributed by atoms with van der Waals surface area (Å²) in [7, 11) is 0. The third-order valence-electron chi connectivity index (χ3n) is 3.09. The molecule has 0 saturated carbocycles. The summed E-state index contributed by atoms with van der Waals surface area (Å²) >= 11 is 5.99. The lowest BCUT2D eigenvalue weighted by atomic mass is 10.1. The Kier molecular flexibility index (Phi) is 4.46. The summed E-state index contributed by atoms with van der Waals surface area (Å²) in [4.78, 5) is 0. The van der Waals surface area contributed by atoms with Crippen LogP contribution in [-0.4, -0.2) is 19.2 Å². The lowest BCUT2D eigenvalue weighted by Crippen LogP contribution is -2.30. The summed E-state index contributed by atoms with van der Waals surface area (Å²) in [5.74, 6) is 0. The van der Waals surface area contributed by atoms with Crippen molar-refractivity contribution < 1.29 is 4.74 Å². The fourth-order valence-electron chi connectivity index (χ4n) is 2.28. The second-order valence-corrected chi connectivity index (χ2v) is 4.80. The monoisotopic (exact) mass is 251 g/mol. The molecule has 0 aromatic heterocycles. The second kappa shape index (κ2) is 6.08. The molecule has 92 valence electrons. The van der Waals surface area contributed by atoms with E-state index >= 15 is 0 Å². The molecule has 1 N–H and O–H groups in total. The van der Waals surface area contributed by atoms with Gasteiger partial charge in [-0.25, -0.2) is 0 Å². The molecule has 0 amide bonds. The first-order valence-corrected chi connectivity index (χ1v) is 6.40. The molecule has 1 aliphatic carbocycles. The Hall–Kier alpha value is -0.990. The van der Waals surface area contributed by atoms with E-state index in [-0.39, 0.29) is 0 Å². The Labute approximate surface area is 108 Å². The van der Waals surface area contributed by atoms with Gasteiger partial charge >= 0.3 is 0 Å². The van der Waals surface area contributed by atoms with Gasteiger partial charge in [0.1, 0.15) is 0 Å². The van der Waals surface area contributed by atoms with Crippen molar-refractivity contribution in [2.24, 2.45) is 0 Å². The highest BCUT2D eigenvalue weighted by molar-refractivity contribution is 6.30. The van der Waals surface area contributed by atoms with Crippen molar-refractivity contribution in [2.45, 2.75) is 25.3 Å². The average Bonchev–Trinajstić information content (AvgIpc) is 2.70. The first-order valence-electron chi connectivity index (χ1n) is 6.03. The van der Waals surface area contributed by atoms with Crippen LogP contribution in [0.15, 0.2) is 31.0 Å². The average molecular weight is 252 g/mol. The standard InChI is InChI=1S/C14H18ClNO/c1-2-17-7-3-6-16-14-9-11-4-5-13(15)8-12(11)10-14/h2,4-5,8,14,16H,1,3,6-7,9-10H2. The molecule has 17 heavy (non-hydrogen) atoms. The van der Waals surface area contributed by atoms with Crippen LogP contribution in [0, 0.1) is 0 Å². The predicted molar refractivity (Wildman–Crippen MR) is 71.4 cm³/mol. The highest BCUT2D eigenvalue weighted by atomic mass is 35.5. The quantitative estimate of drug-likeness (QED) is 0.620. The van der Waals surface area contributed by atoms with E-state index in [4.69, 9.17) is 16.3 Å². The molecule has 0 bridgehead atoms. The van der Waals surface area contributed by atoms with Crippen molar-refractivity contribution in [1.82, 2.24) is 5.32 Å². The zero-order valence-electron chi connectivity index (χ0n) is 9.92. The van der Waals surface area contributed by atoms with Crippen molar-refractivity contribution in [3.8, 4) is 0 Å². The van der Waals surface area contributed by atoms with Crippen LogP contribution in [0.5, 0.6) is 0 Å². The summed E-state index contributed by atoms with van der Waals surface area (Å²) in [6.45, 7) is 5.24. The van der Waals surface area contributed by atoms with E-state index in [9.17, 15) is 0 Å². The van der Waals surface area contributed by atoms with Crippen LogP contribution < -0.4 is 5.32 Å². The molecule has 1 unspecified atom stereocenters. The maximum Gasteiger partial charge on any atom is 0.0885 e. The minimum Gasteiger partial charge on any atom is -0.502 e. The number of nitrogens with one attached hydrogen (secondary N) is 1. The van der Waals surface area contributed by atoms with Crippen LogP contribution in [0.1, 0.15) is 17.5 Å². The highest BCUT2D eigenvalue weighted by Crippen LogP contribution is 2.25. The van der Waals surface area contributed by atoms with E-state index in [2.05, 4.69) is 24.0 Å². The Morgan fingerprint density at radius 2 is 2.24 bits per heavy atom. The van der Waals surface area contributed by atoms with Gasteiger partial charge in [-0.1, -0.05) is 24.2 Å². The molecule has 0 spiro atoms. The summed E-state index contributed by atoms with van der Waals surface area (Å²) in [5.41, 5.74) is 2.81. The lowest BCUT2D eigenvalue weighted by molar-refractivity contribution is 0.243. The molecule has 2 nitrogen and oxygen atoms in total. The van der Waals surface area contributed by atoms with Gasteiger partial charge in [0.15, 0.2) is 0 Å². The molecule has 0 saturated heterocycles. The van der Waals surface area contributed by atoms with Crippen LogP contribution in [0.2, 0.25) is 5.02 Å². The zero-order chi connectivity index (χ0) is 12.1. The van der Waals surface area contributed by atoms with Crippen molar-refractivity contribution in [3.63, 3.8) is 0 Å². The molecule has 0 radical (unpaired) electrons. The van der Waals surface area contributed by atoms with Crippen LogP contribution in [-0.2, 0) is 17.6 Å². The van der Waals surface area contributed by atoms with Crippen LogP contribution in [0.3, 0.4) is 0 Å². The summed E-state index contributed by atoms with van der Waals surface area (Å²) in [6.07, 6.45) is 4.69. The molecular formula is C14H18ClNO. The van der Waals surface area contributed by atoms with E-state index in [1.807, 2.05) is 6.07 Å². The smallest absolute Gasteiger partial charge is 0.0885 e. The SMILES string of the molecule is C=COCCCNC1Cc2ccc(Cl)cc2C1. The van der Waals surface area contributed by atoms with Crippen LogP contribution in [0.4, 0.5) is 0 Å². The zero-order valence-corrected chi connectivity index (χ0v) is 10.7. The first-order chi connectivity index (χ1) is 8.29. The molecule has 1 aromatic carbocycles. The van der Waals surface area contributed by atoms with Crippen molar-refractivity contribution in [2.75, 3.05) is 13.2 Å². The van der Waals surface area contributed by atoms with Crippen LogP contribution >= 0.6 is 11.6 Å². The van der Waals surface area contributed by atoms with Gasteiger partial charge in [-0.15, -0.1) is 0 Å². The van der Waals surface area contributed by atoms with E-state index in [0.29, 0.717) is 6.04 Å². The number of hydrogen-bond donors (Lipinski definition) is 1. The Balaban J connectivity index is 1.74. The topological polar surface area (TPSA) is 21.3 Å². The number of fused-ring (bicyclic) bond motifs is 1. The molecule has 2 rings (SSSR count). The maximum atomic E-state index is 5.99. The highest BCUT2D eigenvalue weighted by Gasteiger charge is 2.20. The largest absolute Gasteiger partial charge is 0.502 e. The van der Waals surface area contributed by atoms with Crippen molar-refractivity contribution >= 4 is 11.6 Å². The molecule has 1 atom stereocenters. The third-order valence-corrected chi connectivity index (χ3v) is 3.33. The summed E-state index contributed by atoms with van der Waals surface area (Å²) in [6, 6.07) is 6.74. The van der Waals surface area contributed by atoms with Crippen molar-refractivity contribution in [3.05, 3.63) is 47.2 Å². The van der Waals surface area contributed by atoms with Gasteiger partial charge in [-0.05, 0) is 49.1 Å². The Morgan fingerprint density at radius 3 is 3.06 bits per heavy atom. The fraction of sp³-hybridized carbons (Fsp3) is 0.429. The van der Waals surface area contributed by atoms with Crippen LogP contribution in [0.25, 0.3) is 0 Å². The fourth-order valence-corrected chi connectivity index (χ4v) is 2.47. The van der Waals surface area contributed by atoms with Gasteiger partial charge in [0.2, 0.25) is 0 Å². The van der Waals surface area contributed by atoms with Gasteiger partial charge in [0.25, 0.3) is 0 Å². The second-order valence-electron chi connectivity index (χ2n) is 4.36. The van der Waals surface area contributed by atoms with Gasteiger partial charge in [-0.3, -0.25) is 0 Å². The molecule has 1 aliphatic rings. The van der Waals surface area contributed by atoms with E-state index in [1.54, 1.807) is 0 Å². The minimum absolute atomic E-state index is 0.548. The van der Waals surface area contributed by atoms with Crippen molar-refractivity contribution in [1.29, 1.82) is 0 Å². The third kappa shape index (κ3) is 3.48. The van der Waals surface area contributed by atoms with Gasteiger partial charge < -0.3 is 10.1 Å². The molecule has 1 aromatic rings. The number of halogens is 1. The molecule has 3 heteroatoms. The minimum atomic E-state index is 0.548. The Bertz CT molecular complexity index is 392. The first kappa shape index (κ1) is 12.5. The molecule has 0 heterocycles. The number of ether oxygens (including phenoxy) is 1. The number of rotatable bonds is 6. The normalized spacial score (nSPS) is 17.8. The summed E-state index contributed by atoms with van der Waals surface area (Å²) in [5, 5.41) is 4.39. The van der Waals surface area contributed by atoms with Gasteiger partial charge in [0, 0.05) is 11.1 Å². The lowest BCUT2D eigenvalue weighted by Gasteiger charge is -2.11. The maximum absolute atomic E-state index is 5.99.